The maximum Gasteiger partial charge on any atom is 0.121 e. The van der Waals surface area contributed by atoms with Crippen LogP contribution in [-0.4, -0.2) is 71.0 Å². The van der Waals surface area contributed by atoms with Gasteiger partial charge in [0.05, 0.1) is 0 Å². The number of benzene rings is 2. The molecule has 0 aliphatic heterocycles. The van der Waals surface area contributed by atoms with Crippen molar-refractivity contribution in [1.29, 1.82) is 0 Å². The van der Waals surface area contributed by atoms with E-state index in [1.165, 1.54) is 11.1 Å². The van der Waals surface area contributed by atoms with Crippen molar-refractivity contribution >= 4 is 0 Å². The predicted octanol–water partition coefficient (Wildman–Crippen LogP) is 3.29. The van der Waals surface area contributed by atoms with Crippen LogP contribution in [0.2, 0.25) is 0 Å². The maximum atomic E-state index is 9.85. The van der Waals surface area contributed by atoms with E-state index in [0.29, 0.717) is 11.5 Å². The Kier molecular flexibility index (Phi) is 44.7. The van der Waals surface area contributed by atoms with Gasteiger partial charge in [0.25, 0.3) is 0 Å². The Labute approximate surface area is 238 Å². The maximum absolute atomic E-state index is 9.85. The second-order valence-corrected chi connectivity index (χ2v) is 6.33. The molecule has 2 rings (SSSR count). The molecule has 0 radical (unpaired) electrons. The van der Waals surface area contributed by atoms with Gasteiger partial charge in [-0.25, -0.2) is 0 Å². The fourth-order valence-corrected chi connectivity index (χ4v) is 2.95. The molecule has 0 amide bonds. The summed E-state index contributed by atoms with van der Waals surface area (Å²) in [5.41, 5.74) is 6.06. The molecular weight excluding hydrogens is 506 g/mol. The molecule has 0 aliphatic carbocycles. The first-order valence-electron chi connectivity index (χ1n) is 9.33. The minimum atomic E-state index is 0. The molecule has 0 heterocycles. The number of phenols is 2. The molecule has 6 N–H and O–H groups in total. The zero-order valence-corrected chi connectivity index (χ0v) is 26.0. The van der Waals surface area contributed by atoms with Gasteiger partial charge in [0.2, 0.25) is 0 Å². The van der Waals surface area contributed by atoms with Crippen molar-refractivity contribution in [2.75, 3.05) is 35.5 Å². The molecule has 0 aliphatic rings. The van der Waals surface area contributed by atoms with Gasteiger partial charge in [0.1, 0.15) is 11.5 Å². The first-order valence-corrected chi connectivity index (χ1v) is 9.33. The van der Waals surface area contributed by atoms with Gasteiger partial charge < -0.3 is 45.5 Å². The van der Waals surface area contributed by atoms with E-state index in [1.807, 2.05) is 52.0 Å². The molecule has 0 saturated carbocycles. The summed E-state index contributed by atoms with van der Waals surface area (Å²) in [6, 6.07) is 8.14. The summed E-state index contributed by atoms with van der Waals surface area (Å²) in [4.78, 5) is 2.23. The van der Waals surface area contributed by atoms with E-state index in [-0.39, 0.29) is 58.3 Å². The van der Waals surface area contributed by atoms with Crippen molar-refractivity contribution in [3.8, 4) is 11.5 Å². The molecule has 0 spiro atoms. The number of nitrogens with zero attached hydrogens (tertiary/aromatic N) is 1. The molecule has 2 aromatic rings. The quantitative estimate of drug-likeness (QED) is 0.254. The topological polar surface area (TPSA) is 125 Å². The van der Waals surface area contributed by atoms with E-state index < -0.39 is 0 Å². The zero-order chi connectivity index (χ0) is 24.4. The molecule has 9 heteroatoms. The first-order chi connectivity index (χ1) is 14.3. The van der Waals surface area contributed by atoms with Crippen LogP contribution in [0, 0.1) is 42.5 Å². The zero-order valence-electron chi connectivity index (χ0n) is 22.9. The molecule has 198 valence electrons. The Morgan fingerprint density at radius 3 is 0.882 bits per heavy atom. The van der Waals surface area contributed by atoms with E-state index in [2.05, 4.69) is 11.9 Å². The van der Waals surface area contributed by atoms with Crippen LogP contribution in [0.4, 0.5) is 0 Å². The van der Waals surface area contributed by atoms with Gasteiger partial charge in [0, 0.05) is 85.0 Å². The SMILES string of the molecule is CO.CO.CO.CO.Cc1cc(CN(C)Cc2cc(C)c(O)c(C)c2)cc(C)c1O.[CH3-].[CH3-].[Ti].[Ti]. The Balaban J connectivity index is -0.000000110. The van der Waals surface area contributed by atoms with E-state index in [9.17, 15) is 10.2 Å². The Hall–Kier alpha value is -0.731. The average molecular weight is 553 g/mol. The summed E-state index contributed by atoms with van der Waals surface area (Å²) in [6.45, 7) is 9.36. The smallest absolute Gasteiger partial charge is 0.121 e. The van der Waals surface area contributed by atoms with Gasteiger partial charge >= 0.3 is 0 Å². The summed E-state index contributed by atoms with van der Waals surface area (Å²) < 4.78 is 0. The van der Waals surface area contributed by atoms with Crippen LogP contribution in [0.3, 0.4) is 0 Å². The molecule has 0 bridgehead atoms. The van der Waals surface area contributed by atoms with Crippen LogP contribution >= 0.6 is 0 Å². The Bertz CT molecular complexity index is 610. The van der Waals surface area contributed by atoms with Crippen LogP contribution in [0.5, 0.6) is 11.5 Å². The first kappa shape index (κ1) is 50.2. The largest absolute Gasteiger partial charge is 0.507 e. The van der Waals surface area contributed by atoms with Crippen LogP contribution < -0.4 is 0 Å². The normalized spacial score (nSPS) is 7.94. The minimum absolute atomic E-state index is 0. The van der Waals surface area contributed by atoms with Gasteiger partial charge in [-0.15, -0.1) is 0 Å². The van der Waals surface area contributed by atoms with Crippen LogP contribution in [-0.2, 0) is 56.5 Å². The summed E-state index contributed by atoms with van der Waals surface area (Å²) in [5.74, 6) is 0.771. The minimum Gasteiger partial charge on any atom is -0.507 e. The standard InChI is InChI=1S/C19H25NO2.4CH4O.2CH3.2Ti/c1-12-6-16(7-13(2)18(12)21)10-20(5)11-17-8-14(3)19(22)15(4)9-17;4*1-2;;;;/h6-9,21-22H,10-11H2,1-5H3;4*2H,1H3;2*1H3;;/q;;;;;2*-1;;. The van der Waals surface area contributed by atoms with Crippen molar-refractivity contribution < 1.29 is 74.1 Å². The van der Waals surface area contributed by atoms with Gasteiger partial charge in [0.15, 0.2) is 0 Å². The summed E-state index contributed by atoms with van der Waals surface area (Å²) in [7, 11) is 6.08. The number of phenolic OH excluding ortho intramolecular Hbond substituents is 2. The van der Waals surface area contributed by atoms with Gasteiger partial charge in [-0.3, -0.25) is 4.90 Å². The second kappa shape index (κ2) is 30.3. The number of hydrogen-bond acceptors (Lipinski definition) is 7. The van der Waals surface area contributed by atoms with E-state index in [0.717, 1.165) is 63.8 Å². The van der Waals surface area contributed by atoms with Crippen LogP contribution in [0.25, 0.3) is 0 Å². The summed E-state index contributed by atoms with van der Waals surface area (Å²) in [5, 5.41) is 47.7. The Morgan fingerprint density at radius 2 is 0.706 bits per heavy atom. The number of rotatable bonds is 4. The van der Waals surface area contributed by atoms with E-state index in [1.54, 1.807) is 0 Å². The monoisotopic (exact) mass is 553 g/mol. The third-order valence-corrected chi connectivity index (χ3v) is 4.01. The molecule has 2 aromatic carbocycles. The fraction of sp³-hybridized carbons (Fsp3) is 0.440. The van der Waals surface area contributed by atoms with Crippen molar-refractivity contribution in [1.82, 2.24) is 4.90 Å². The van der Waals surface area contributed by atoms with Crippen molar-refractivity contribution in [2.24, 2.45) is 0 Å². The van der Waals surface area contributed by atoms with Crippen LogP contribution in [0.15, 0.2) is 24.3 Å². The predicted molar refractivity (Wildman–Crippen MR) is 136 cm³/mol. The molecule has 0 aromatic heterocycles. The number of aryl methyl sites for hydroxylation is 4. The second-order valence-electron chi connectivity index (χ2n) is 6.33. The molecule has 0 saturated heterocycles. The number of aliphatic hydroxyl groups is 4. The number of aromatic hydroxyl groups is 2. The third-order valence-electron chi connectivity index (χ3n) is 4.01. The van der Waals surface area contributed by atoms with Crippen LogP contribution in [0.1, 0.15) is 33.4 Å². The van der Waals surface area contributed by atoms with Gasteiger partial charge in [-0.2, -0.15) is 0 Å². The molecule has 0 fully saturated rings. The molecular formula is C25H47NO6Ti2-2. The van der Waals surface area contributed by atoms with Crippen molar-refractivity contribution in [2.45, 2.75) is 40.8 Å². The Morgan fingerprint density at radius 1 is 0.529 bits per heavy atom. The molecule has 7 nitrogen and oxygen atoms in total. The van der Waals surface area contributed by atoms with E-state index in [4.69, 9.17) is 20.4 Å². The van der Waals surface area contributed by atoms with Gasteiger partial charge in [-0.05, 0) is 68.1 Å². The molecule has 0 unspecified atom stereocenters. The summed E-state index contributed by atoms with van der Waals surface area (Å²) in [6.07, 6.45) is 0. The average Bonchev–Trinajstić information content (AvgIpc) is 2.76. The van der Waals surface area contributed by atoms with Gasteiger partial charge in [-0.1, -0.05) is 24.3 Å². The molecule has 34 heavy (non-hydrogen) atoms. The molecule has 0 atom stereocenters. The van der Waals surface area contributed by atoms with E-state index >= 15 is 0 Å². The summed E-state index contributed by atoms with van der Waals surface area (Å²) >= 11 is 0. The fourth-order valence-electron chi connectivity index (χ4n) is 2.95. The van der Waals surface area contributed by atoms with Crippen molar-refractivity contribution in [3.05, 3.63) is 72.5 Å². The van der Waals surface area contributed by atoms with Crippen molar-refractivity contribution in [3.63, 3.8) is 0 Å². The number of aliphatic hydroxyl groups excluding tert-OH is 4. The third kappa shape index (κ3) is 18.6. The number of hydrogen-bond donors (Lipinski definition) is 6.